The lowest BCUT2D eigenvalue weighted by Crippen LogP contribution is -2.38. The van der Waals surface area contributed by atoms with Gasteiger partial charge in [0.2, 0.25) is 0 Å². The third-order valence-corrected chi connectivity index (χ3v) is 5.55. The molecular weight excluding hydrogens is 423 g/mol. The summed E-state index contributed by atoms with van der Waals surface area (Å²) in [6.07, 6.45) is 1.59. The third kappa shape index (κ3) is 6.56. The van der Waals surface area contributed by atoms with Gasteiger partial charge in [-0.2, -0.15) is 0 Å². The number of amides is 1. The first kappa shape index (κ1) is 23.3. The molecule has 1 N–H and O–H groups in total. The minimum absolute atomic E-state index is 0.0177. The van der Waals surface area contributed by atoms with E-state index in [1.165, 1.54) is 6.07 Å². The van der Waals surface area contributed by atoms with Gasteiger partial charge in [0.05, 0.1) is 24.3 Å². The van der Waals surface area contributed by atoms with Crippen LogP contribution < -0.4 is 14.8 Å². The summed E-state index contributed by atoms with van der Waals surface area (Å²) < 4.78 is 30.2. The van der Waals surface area contributed by atoms with E-state index in [9.17, 15) is 9.18 Å². The molecule has 0 atom stereocenters. The highest BCUT2D eigenvalue weighted by molar-refractivity contribution is 6.30. The molecule has 1 heterocycles. The van der Waals surface area contributed by atoms with Gasteiger partial charge in [0, 0.05) is 39.4 Å². The molecule has 0 aliphatic carbocycles. The van der Waals surface area contributed by atoms with E-state index in [0.717, 1.165) is 31.5 Å². The van der Waals surface area contributed by atoms with Crippen LogP contribution in [0.4, 0.5) is 4.39 Å². The summed E-state index contributed by atoms with van der Waals surface area (Å²) in [6, 6.07) is 10.1. The summed E-state index contributed by atoms with van der Waals surface area (Å²) >= 11 is 5.76. The van der Waals surface area contributed by atoms with Crippen LogP contribution in [0.2, 0.25) is 5.02 Å². The van der Waals surface area contributed by atoms with Gasteiger partial charge < -0.3 is 19.5 Å². The Kier molecular flexibility index (Phi) is 8.51. The Labute approximate surface area is 187 Å². The zero-order valence-electron chi connectivity index (χ0n) is 17.8. The van der Waals surface area contributed by atoms with Crippen LogP contribution >= 0.6 is 11.6 Å². The smallest absolute Gasteiger partial charge is 0.255 e. The number of likely N-dealkylation sites (tertiary alicyclic amines) is 1. The monoisotopic (exact) mass is 450 g/mol. The molecule has 31 heavy (non-hydrogen) atoms. The number of hydrogen-bond donors (Lipinski definition) is 1. The second kappa shape index (κ2) is 11.3. The van der Waals surface area contributed by atoms with Gasteiger partial charge in [0.1, 0.15) is 23.4 Å². The Morgan fingerprint density at radius 2 is 1.97 bits per heavy atom. The molecule has 2 aromatic rings. The first-order valence-corrected chi connectivity index (χ1v) is 10.7. The zero-order chi connectivity index (χ0) is 22.2. The summed E-state index contributed by atoms with van der Waals surface area (Å²) in [4.78, 5) is 14.8. The van der Waals surface area contributed by atoms with E-state index in [4.69, 9.17) is 25.8 Å². The quantitative estimate of drug-likeness (QED) is 0.587. The Morgan fingerprint density at radius 1 is 1.19 bits per heavy atom. The molecular formula is C23H28ClFN2O4. The number of nitrogens with one attached hydrogen (secondary N) is 1. The minimum Gasteiger partial charge on any atom is -0.497 e. The first-order valence-electron chi connectivity index (χ1n) is 10.3. The molecule has 0 unspecified atom stereocenters. The van der Waals surface area contributed by atoms with Crippen molar-refractivity contribution in [2.75, 3.05) is 40.5 Å². The number of benzene rings is 2. The van der Waals surface area contributed by atoms with Crippen molar-refractivity contribution in [3.8, 4) is 11.5 Å². The predicted octanol–water partition coefficient (Wildman–Crippen LogP) is 3.91. The second-order valence-corrected chi connectivity index (χ2v) is 7.86. The van der Waals surface area contributed by atoms with Crippen LogP contribution in [0.1, 0.15) is 28.8 Å². The number of rotatable bonds is 9. The lowest BCUT2D eigenvalue weighted by molar-refractivity contribution is 0.0881. The van der Waals surface area contributed by atoms with Gasteiger partial charge in [-0.1, -0.05) is 17.7 Å². The van der Waals surface area contributed by atoms with Gasteiger partial charge in [-0.3, -0.25) is 9.69 Å². The van der Waals surface area contributed by atoms with E-state index in [1.807, 2.05) is 6.07 Å². The molecule has 6 nitrogen and oxygen atoms in total. The average molecular weight is 451 g/mol. The van der Waals surface area contributed by atoms with E-state index < -0.39 is 5.82 Å². The molecule has 1 aliphatic rings. The van der Waals surface area contributed by atoms with Gasteiger partial charge in [-0.05, 0) is 42.7 Å². The van der Waals surface area contributed by atoms with Crippen LogP contribution in [0.25, 0.3) is 0 Å². The van der Waals surface area contributed by atoms with Crippen LogP contribution in [0.5, 0.6) is 11.5 Å². The predicted molar refractivity (Wildman–Crippen MR) is 118 cm³/mol. The summed E-state index contributed by atoms with van der Waals surface area (Å²) in [7, 11) is 3.17. The zero-order valence-corrected chi connectivity index (χ0v) is 18.6. The fraction of sp³-hybridized carbons (Fsp3) is 0.435. The molecule has 168 valence electrons. The van der Waals surface area contributed by atoms with Crippen molar-refractivity contribution in [3.05, 3.63) is 58.4 Å². The van der Waals surface area contributed by atoms with E-state index in [1.54, 1.807) is 38.5 Å². The molecule has 0 bridgehead atoms. The highest BCUT2D eigenvalue weighted by Crippen LogP contribution is 2.28. The lowest BCUT2D eigenvalue weighted by atomic mass is 10.1. The van der Waals surface area contributed by atoms with Crippen LogP contribution in [-0.4, -0.2) is 57.4 Å². The molecule has 0 aromatic heterocycles. The molecule has 1 amide bonds. The van der Waals surface area contributed by atoms with Crippen molar-refractivity contribution >= 4 is 17.5 Å². The number of carbonyl (C=O) groups is 1. The van der Waals surface area contributed by atoms with Crippen LogP contribution in [0, 0.1) is 5.82 Å². The topological polar surface area (TPSA) is 60.0 Å². The number of methoxy groups -OCH3 is 2. The Morgan fingerprint density at radius 3 is 2.65 bits per heavy atom. The van der Waals surface area contributed by atoms with Gasteiger partial charge >= 0.3 is 0 Å². The highest BCUT2D eigenvalue weighted by atomic mass is 35.5. The van der Waals surface area contributed by atoms with E-state index in [0.29, 0.717) is 36.8 Å². The highest BCUT2D eigenvalue weighted by Gasteiger charge is 2.23. The molecule has 0 radical (unpaired) electrons. The van der Waals surface area contributed by atoms with E-state index in [-0.39, 0.29) is 17.0 Å². The minimum atomic E-state index is -0.397. The van der Waals surface area contributed by atoms with Crippen molar-refractivity contribution in [1.82, 2.24) is 10.2 Å². The molecule has 2 aromatic carbocycles. The largest absolute Gasteiger partial charge is 0.497 e. The number of hydrogen-bond acceptors (Lipinski definition) is 5. The van der Waals surface area contributed by atoms with Gasteiger partial charge in [0.25, 0.3) is 5.91 Å². The van der Waals surface area contributed by atoms with Crippen LogP contribution in [0.15, 0.2) is 36.4 Å². The number of nitrogens with zero attached hydrogens (tertiary/aromatic N) is 1. The second-order valence-electron chi connectivity index (χ2n) is 7.45. The molecule has 1 saturated heterocycles. The summed E-state index contributed by atoms with van der Waals surface area (Å²) in [6.45, 7) is 3.15. The lowest BCUT2D eigenvalue weighted by Gasteiger charge is -2.32. The Hall–Kier alpha value is -2.35. The average Bonchev–Trinajstić information content (AvgIpc) is 2.77. The molecule has 8 heteroatoms. The molecule has 3 rings (SSSR count). The summed E-state index contributed by atoms with van der Waals surface area (Å²) in [5.74, 6) is 0.529. The number of halogens is 2. The van der Waals surface area contributed by atoms with Crippen LogP contribution in [-0.2, 0) is 11.3 Å². The fourth-order valence-corrected chi connectivity index (χ4v) is 3.66. The van der Waals surface area contributed by atoms with Crippen molar-refractivity contribution in [3.63, 3.8) is 0 Å². The van der Waals surface area contributed by atoms with Crippen molar-refractivity contribution in [2.45, 2.75) is 25.5 Å². The SMILES string of the molecule is COCCNC(=O)c1ccc(OC)cc1OC1CCN(Cc2ccc(Cl)c(F)c2)CC1. The van der Waals surface area contributed by atoms with Gasteiger partial charge in [-0.25, -0.2) is 4.39 Å². The van der Waals surface area contributed by atoms with E-state index in [2.05, 4.69) is 10.2 Å². The van der Waals surface area contributed by atoms with Crippen molar-refractivity contribution in [2.24, 2.45) is 0 Å². The molecule has 1 aliphatic heterocycles. The number of carbonyl (C=O) groups excluding carboxylic acids is 1. The summed E-state index contributed by atoms with van der Waals surface area (Å²) in [5.41, 5.74) is 1.36. The van der Waals surface area contributed by atoms with Gasteiger partial charge in [-0.15, -0.1) is 0 Å². The Bertz CT molecular complexity index is 888. The van der Waals surface area contributed by atoms with Crippen molar-refractivity contribution in [1.29, 1.82) is 0 Å². The summed E-state index contributed by atoms with van der Waals surface area (Å²) in [5, 5.41) is 2.96. The van der Waals surface area contributed by atoms with Crippen molar-refractivity contribution < 1.29 is 23.4 Å². The Balaban J connectivity index is 1.59. The maximum absolute atomic E-state index is 13.7. The molecule has 1 fully saturated rings. The first-order chi connectivity index (χ1) is 15.0. The van der Waals surface area contributed by atoms with E-state index >= 15 is 0 Å². The maximum Gasteiger partial charge on any atom is 0.255 e. The molecule has 0 saturated carbocycles. The van der Waals surface area contributed by atoms with Gasteiger partial charge in [0.15, 0.2) is 0 Å². The molecule has 0 spiro atoms. The normalized spacial score (nSPS) is 15.0. The standard InChI is InChI=1S/C23H28ClFN2O4/c1-29-12-9-26-23(28)19-5-4-18(30-2)14-22(19)31-17-7-10-27(11-8-17)15-16-3-6-20(24)21(25)13-16/h3-6,13-14,17H,7-12,15H2,1-2H3,(H,26,28). The number of ether oxygens (including phenoxy) is 3. The number of piperidine rings is 1. The maximum atomic E-state index is 13.7. The van der Waals surface area contributed by atoms with Crippen LogP contribution in [0.3, 0.4) is 0 Å². The third-order valence-electron chi connectivity index (χ3n) is 5.24. The fourth-order valence-electron chi connectivity index (χ4n) is 3.54.